The zero-order valence-electron chi connectivity index (χ0n) is 10.1. The Kier molecular flexibility index (Phi) is 3.63. The van der Waals surface area contributed by atoms with Crippen LogP contribution in [0.3, 0.4) is 0 Å². The number of nitrogen functional groups attached to an aromatic ring is 1. The van der Waals surface area contributed by atoms with Gasteiger partial charge in [-0.15, -0.1) is 0 Å². The highest BCUT2D eigenvalue weighted by molar-refractivity contribution is 6.30. The summed E-state index contributed by atoms with van der Waals surface area (Å²) in [4.78, 5) is 2.04. The third kappa shape index (κ3) is 2.87. The highest BCUT2D eigenvalue weighted by atomic mass is 35.5. The highest BCUT2D eigenvalue weighted by Crippen LogP contribution is 2.23. The van der Waals surface area contributed by atoms with E-state index in [4.69, 9.17) is 17.3 Å². The second kappa shape index (κ2) is 5.19. The largest absolute Gasteiger partial charge is 0.508 e. The van der Waals surface area contributed by atoms with Gasteiger partial charge in [-0.3, -0.25) is 0 Å². The Bertz CT molecular complexity index is 540. The average Bonchev–Trinajstić information content (AvgIpc) is 2.34. The van der Waals surface area contributed by atoms with Gasteiger partial charge in [-0.1, -0.05) is 11.6 Å². The average molecular weight is 263 g/mol. The third-order valence-electron chi connectivity index (χ3n) is 2.80. The van der Waals surface area contributed by atoms with Crippen molar-refractivity contribution in [2.75, 3.05) is 17.7 Å². The number of phenols is 1. The van der Waals surface area contributed by atoms with Crippen LogP contribution in [0.5, 0.6) is 5.75 Å². The molecule has 0 fully saturated rings. The van der Waals surface area contributed by atoms with E-state index in [1.54, 1.807) is 18.2 Å². The molecule has 0 saturated heterocycles. The lowest BCUT2D eigenvalue weighted by Gasteiger charge is -2.20. The Labute approximate surface area is 111 Å². The van der Waals surface area contributed by atoms with Crippen LogP contribution in [-0.2, 0) is 6.54 Å². The van der Waals surface area contributed by atoms with Crippen molar-refractivity contribution in [2.45, 2.75) is 6.54 Å². The first-order valence-electron chi connectivity index (χ1n) is 5.60. The molecule has 18 heavy (non-hydrogen) atoms. The third-order valence-corrected chi connectivity index (χ3v) is 3.04. The minimum Gasteiger partial charge on any atom is -0.508 e. The Morgan fingerprint density at radius 1 is 1.17 bits per heavy atom. The lowest BCUT2D eigenvalue weighted by Crippen LogP contribution is -2.17. The first-order chi connectivity index (χ1) is 8.56. The van der Waals surface area contributed by atoms with Gasteiger partial charge in [0.1, 0.15) is 5.75 Å². The van der Waals surface area contributed by atoms with Crippen LogP contribution in [0.2, 0.25) is 5.02 Å². The first kappa shape index (κ1) is 12.6. The fourth-order valence-corrected chi connectivity index (χ4v) is 1.96. The van der Waals surface area contributed by atoms with E-state index < -0.39 is 0 Å². The van der Waals surface area contributed by atoms with Crippen LogP contribution in [0.4, 0.5) is 11.4 Å². The Hall–Kier alpha value is -1.87. The van der Waals surface area contributed by atoms with Crippen molar-refractivity contribution in [1.82, 2.24) is 0 Å². The van der Waals surface area contributed by atoms with Crippen molar-refractivity contribution in [1.29, 1.82) is 0 Å². The van der Waals surface area contributed by atoms with Crippen LogP contribution >= 0.6 is 11.6 Å². The topological polar surface area (TPSA) is 49.5 Å². The summed E-state index contributed by atoms with van der Waals surface area (Å²) in [6, 6.07) is 12.5. The summed E-state index contributed by atoms with van der Waals surface area (Å²) in [5.74, 6) is 0.259. The fraction of sp³-hybridized carbons (Fsp3) is 0.143. The van der Waals surface area contributed by atoms with Crippen molar-refractivity contribution in [3.63, 3.8) is 0 Å². The molecule has 0 atom stereocenters. The van der Waals surface area contributed by atoms with Gasteiger partial charge in [0.2, 0.25) is 0 Å². The summed E-state index contributed by atoms with van der Waals surface area (Å²) in [6.07, 6.45) is 0. The summed E-state index contributed by atoms with van der Waals surface area (Å²) in [6.45, 7) is 0.664. The standard InChI is InChI=1S/C14H15ClN2O/c1-17(12-3-5-13(18)6-4-12)9-10-8-11(15)2-7-14(10)16/h2-8,18H,9,16H2,1H3. The molecule has 0 spiro atoms. The number of hydrogen-bond donors (Lipinski definition) is 2. The second-order valence-electron chi connectivity index (χ2n) is 4.22. The van der Waals surface area contributed by atoms with Crippen LogP contribution in [0.25, 0.3) is 0 Å². The molecule has 0 radical (unpaired) electrons. The van der Waals surface area contributed by atoms with Gasteiger partial charge in [0.05, 0.1) is 0 Å². The van der Waals surface area contributed by atoms with Gasteiger partial charge in [0.15, 0.2) is 0 Å². The summed E-state index contributed by atoms with van der Waals surface area (Å²) < 4.78 is 0. The summed E-state index contributed by atoms with van der Waals surface area (Å²) in [7, 11) is 1.97. The number of hydrogen-bond acceptors (Lipinski definition) is 3. The monoisotopic (exact) mass is 262 g/mol. The van der Waals surface area contributed by atoms with Crippen molar-refractivity contribution in [3.8, 4) is 5.75 Å². The number of nitrogens with zero attached hydrogens (tertiary/aromatic N) is 1. The molecule has 0 bridgehead atoms. The van der Waals surface area contributed by atoms with Crippen molar-refractivity contribution in [3.05, 3.63) is 53.1 Å². The molecule has 3 nitrogen and oxygen atoms in total. The highest BCUT2D eigenvalue weighted by Gasteiger charge is 2.05. The Morgan fingerprint density at radius 3 is 2.50 bits per heavy atom. The van der Waals surface area contributed by atoms with E-state index >= 15 is 0 Å². The summed E-state index contributed by atoms with van der Waals surface area (Å²) in [5, 5.41) is 9.93. The maximum Gasteiger partial charge on any atom is 0.115 e. The summed E-state index contributed by atoms with van der Waals surface area (Å²) in [5.41, 5.74) is 8.63. The van der Waals surface area contributed by atoms with Gasteiger partial charge in [-0.2, -0.15) is 0 Å². The molecule has 0 aromatic heterocycles. The predicted molar refractivity (Wildman–Crippen MR) is 76.1 cm³/mol. The van der Waals surface area contributed by atoms with Crippen LogP contribution in [0.1, 0.15) is 5.56 Å². The normalized spacial score (nSPS) is 10.3. The molecule has 2 aromatic carbocycles. The van der Waals surface area contributed by atoms with Gasteiger partial charge in [0.25, 0.3) is 0 Å². The van der Waals surface area contributed by atoms with Crippen molar-refractivity contribution < 1.29 is 5.11 Å². The molecule has 0 saturated carbocycles. The van der Waals surface area contributed by atoms with E-state index in [1.807, 2.05) is 36.2 Å². The molecular weight excluding hydrogens is 248 g/mol. The van der Waals surface area contributed by atoms with Gasteiger partial charge < -0.3 is 15.7 Å². The van der Waals surface area contributed by atoms with Gasteiger partial charge >= 0.3 is 0 Å². The molecule has 2 rings (SSSR count). The maximum atomic E-state index is 9.25. The minimum absolute atomic E-state index is 0.259. The molecule has 2 aromatic rings. The fourth-order valence-electron chi connectivity index (χ4n) is 1.77. The van der Waals surface area contributed by atoms with Gasteiger partial charge in [-0.25, -0.2) is 0 Å². The number of anilines is 2. The molecule has 0 amide bonds. The molecule has 0 heterocycles. The zero-order valence-corrected chi connectivity index (χ0v) is 10.9. The number of phenolic OH excluding ortho intramolecular Hbond substituents is 1. The quantitative estimate of drug-likeness (QED) is 0.835. The van der Waals surface area contributed by atoms with E-state index in [1.165, 1.54) is 0 Å². The Morgan fingerprint density at radius 2 is 1.83 bits per heavy atom. The second-order valence-corrected chi connectivity index (χ2v) is 4.65. The molecule has 3 N–H and O–H groups in total. The van der Waals surface area contributed by atoms with Crippen LogP contribution in [-0.4, -0.2) is 12.2 Å². The number of rotatable bonds is 3. The van der Waals surface area contributed by atoms with E-state index in [9.17, 15) is 5.11 Å². The smallest absolute Gasteiger partial charge is 0.115 e. The number of halogens is 1. The summed E-state index contributed by atoms with van der Waals surface area (Å²) >= 11 is 5.96. The van der Waals surface area contributed by atoms with Crippen LogP contribution in [0, 0.1) is 0 Å². The van der Waals surface area contributed by atoms with Gasteiger partial charge in [-0.05, 0) is 48.0 Å². The van der Waals surface area contributed by atoms with E-state index in [-0.39, 0.29) is 5.75 Å². The van der Waals surface area contributed by atoms with E-state index in [0.29, 0.717) is 11.6 Å². The van der Waals surface area contributed by atoms with E-state index in [0.717, 1.165) is 16.9 Å². The molecule has 0 aliphatic carbocycles. The molecule has 4 heteroatoms. The lowest BCUT2D eigenvalue weighted by molar-refractivity contribution is 0.475. The minimum atomic E-state index is 0.259. The first-order valence-corrected chi connectivity index (χ1v) is 5.98. The predicted octanol–water partition coefficient (Wildman–Crippen LogP) is 3.26. The lowest BCUT2D eigenvalue weighted by atomic mass is 10.1. The van der Waals surface area contributed by atoms with Gasteiger partial charge in [0, 0.05) is 30.0 Å². The van der Waals surface area contributed by atoms with Crippen LogP contribution < -0.4 is 10.6 Å². The number of nitrogens with two attached hydrogens (primary N) is 1. The molecular formula is C14H15ClN2O. The zero-order chi connectivity index (χ0) is 13.1. The Balaban J connectivity index is 2.18. The molecule has 0 unspecified atom stereocenters. The van der Waals surface area contributed by atoms with Crippen LogP contribution in [0.15, 0.2) is 42.5 Å². The van der Waals surface area contributed by atoms with E-state index in [2.05, 4.69) is 0 Å². The SMILES string of the molecule is CN(Cc1cc(Cl)ccc1N)c1ccc(O)cc1. The molecule has 94 valence electrons. The maximum absolute atomic E-state index is 9.25. The van der Waals surface area contributed by atoms with Crippen molar-refractivity contribution in [2.24, 2.45) is 0 Å². The number of benzene rings is 2. The van der Waals surface area contributed by atoms with Crippen molar-refractivity contribution >= 4 is 23.0 Å². The molecule has 0 aliphatic rings. The molecule has 0 aliphatic heterocycles. The number of aromatic hydroxyl groups is 1.